The molecule has 0 aliphatic carbocycles. The van der Waals surface area contributed by atoms with Crippen molar-refractivity contribution in [2.45, 2.75) is 6.92 Å². The standard InChI is InChI=1S/C20H14ClN3O2S/c1-12-7-8-14(21)9-16(12)23-18(25)15-10-22-20-24(19(15)26)17(11-27-20)13-5-3-2-4-6-13/h2-11H,1H3,(H,23,25). The Morgan fingerprint density at radius 1 is 1.19 bits per heavy atom. The summed E-state index contributed by atoms with van der Waals surface area (Å²) in [4.78, 5) is 30.5. The molecular formula is C20H14ClN3O2S. The molecule has 27 heavy (non-hydrogen) atoms. The molecule has 5 nitrogen and oxygen atoms in total. The van der Waals surface area contributed by atoms with E-state index in [9.17, 15) is 9.59 Å². The first-order valence-corrected chi connectivity index (χ1v) is 9.42. The summed E-state index contributed by atoms with van der Waals surface area (Å²) in [5.74, 6) is -0.516. The van der Waals surface area contributed by atoms with Gasteiger partial charge in [0, 0.05) is 22.3 Å². The number of carbonyl (C=O) groups excluding carboxylic acids is 1. The van der Waals surface area contributed by atoms with E-state index >= 15 is 0 Å². The highest BCUT2D eigenvalue weighted by Gasteiger charge is 2.17. The van der Waals surface area contributed by atoms with E-state index < -0.39 is 11.5 Å². The van der Waals surface area contributed by atoms with Gasteiger partial charge in [0.2, 0.25) is 0 Å². The number of aryl methyl sites for hydroxylation is 1. The summed E-state index contributed by atoms with van der Waals surface area (Å²) in [6.07, 6.45) is 1.32. The molecule has 0 aliphatic heterocycles. The van der Waals surface area contributed by atoms with Crippen LogP contribution in [0.3, 0.4) is 0 Å². The van der Waals surface area contributed by atoms with Crippen molar-refractivity contribution in [3.8, 4) is 11.3 Å². The minimum Gasteiger partial charge on any atom is -0.321 e. The highest BCUT2D eigenvalue weighted by atomic mass is 35.5. The molecule has 134 valence electrons. The summed E-state index contributed by atoms with van der Waals surface area (Å²) >= 11 is 7.36. The summed E-state index contributed by atoms with van der Waals surface area (Å²) in [7, 11) is 0. The topological polar surface area (TPSA) is 63.5 Å². The fourth-order valence-electron chi connectivity index (χ4n) is 2.78. The van der Waals surface area contributed by atoms with Crippen molar-refractivity contribution >= 4 is 39.5 Å². The highest BCUT2D eigenvalue weighted by Crippen LogP contribution is 2.24. The molecule has 1 N–H and O–H groups in total. The summed E-state index contributed by atoms with van der Waals surface area (Å²) < 4.78 is 1.47. The molecule has 0 saturated heterocycles. The van der Waals surface area contributed by atoms with E-state index in [1.165, 1.54) is 21.9 Å². The molecule has 0 spiro atoms. The number of carbonyl (C=O) groups is 1. The molecule has 2 heterocycles. The van der Waals surface area contributed by atoms with Gasteiger partial charge in [-0.25, -0.2) is 4.98 Å². The van der Waals surface area contributed by atoms with E-state index in [-0.39, 0.29) is 5.56 Å². The number of fused-ring (bicyclic) bond motifs is 1. The lowest BCUT2D eigenvalue weighted by Gasteiger charge is -2.09. The van der Waals surface area contributed by atoms with Crippen LogP contribution in [0.2, 0.25) is 5.02 Å². The van der Waals surface area contributed by atoms with Crippen LogP contribution in [-0.4, -0.2) is 15.3 Å². The first-order chi connectivity index (χ1) is 13.0. The van der Waals surface area contributed by atoms with Crippen molar-refractivity contribution in [1.82, 2.24) is 9.38 Å². The molecule has 1 amide bonds. The number of rotatable bonds is 3. The van der Waals surface area contributed by atoms with Crippen molar-refractivity contribution in [3.63, 3.8) is 0 Å². The van der Waals surface area contributed by atoms with E-state index in [2.05, 4.69) is 10.3 Å². The quantitative estimate of drug-likeness (QED) is 0.549. The van der Waals surface area contributed by atoms with Crippen LogP contribution in [0, 0.1) is 6.92 Å². The third-order valence-corrected chi connectivity index (χ3v) is 5.28. The van der Waals surface area contributed by atoms with E-state index in [1.54, 1.807) is 18.2 Å². The van der Waals surface area contributed by atoms with Gasteiger partial charge < -0.3 is 5.32 Å². The van der Waals surface area contributed by atoms with Gasteiger partial charge >= 0.3 is 0 Å². The fraction of sp³-hybridized carbons (Fsp3) is 0.0500. The van der Waals surface area contributed by atoms with Gasteiger partial charge in [-0.1, -0.05) is 48.0 Å². The molecule has 0 bridgehead atoms. The molecule has 0 saturated carbocycles. The van der Waals surface area contributed by atoms with Gasteiger partial charge in [-0.3, -0.25) is 14.0 Å². The Labute approximate surface area is 163 Å². The monoisotopic (exact) mass is 395 g/mol. The minimum absolute atomic E-state index is 0.0255. The zero-order valence-electron chi connectivity index (χ0n) is 14.3. The Morgan fingerprint density at radius 2 is 1.96 bits per heavy atom. The number of halogens is 1. The summed E-state index contributed by atoms with van der Waals surface area (Å²) in [5.41, 5.74) is 2.57. The number of thiazole rings is 1. The third-order valence-electron chi connectivity index (χ3n) is 4.21. The van der Waals surface area contributed by atoms with E-state index in [1.807, 2.05) is 42.6 Å². The van der Waals surface area contributed by atoms with Gasteiger partial charge in [-0.2, -0.15) is 0 Å². The van der Waals surface area contributed by atoms with Crippen LogP contribution < -0.4 is 10.9 Å². The van der Waals surface area contributed by atoms with Crippen molar-refractivity contribution in [2.24, 2.45) is 0 Å². The molecule has 0 radical (unpaired) electrons. The maximum atomic E-state index is 13.0. The van der Waals surface area contributed by atoms with Crippen LogP contribution in [0.5, 0.6) is 0 Å². The van der Waals surface area contributed by atoms with Crippen molar-refractivity contribution in [3.05, 3.63) is 86.6 Å². The van der Waals surface area contributed by atoms with Crippen molar-refractivity contribution in [1.29, 1.82) is 0 Å². The molecular weight excluding hydrogens is 382 g/mol. The second-order valence-electron chi connectivity index (χ2n) is 6.00. The first-order valence-electron chi connectivity index (χ1n) is 8.17. The Kier molecular flexibility index (Phi) is 4.51. The molecule has 0 unspecified atom stereocenters. The van der Waals surface area contributed by atoms with Gasteiger partial charge in [-0.15, -0.1) is 11.3 Å². The van der Waals surface area contributed by atoms with Gasteiger partial charge in [-0.05, 0) is 30.2 Å². The van der Waals surface area contributed by atoms with Gasteiger partial charge in [0.15, 0.2) is 4.96 Å². The predicted octanol–water partition coefficient (Wildman–Crippen LogP) is 4.64. The lowest BCUT2D eigenvalue weighted by molar-refractivity contribution is 0.102. The SMILES string of the molecule is Cc1ccc(Cl)cc1NC(=O)c1cnc2scc(-c3ccccc3)n2c1=O. The normalized spacial score (nSPS) is 10.9. The number of benzene rings is 2. The average molecular weight is 396 g/mol. The number of amides is 1. The molecule has 2 aromatic carbocycles. The maximum absolute atomic E-state index is 13.0. The molecule has 4 rings (SSSR count). The molecule has 0 atom stereocenters. The fourth-order valence-corrected chi connectivity index (χ4v) is 3.81. The molecule has 4 aromatic rings. The van der Waals surface area contributed by atoms with Crippen LogP contribution >= 0.6 is 22.9 Å². The third kappa shape index (κ3) is 3.25. The van der Waals surface area contributed by atoms with E-state index in [0.717, 1.165) is 11.1 Å². The van der Waals surface area contributed by atoms with Gasteiger partial charge in [0.05, 0.1) is 5.69 Å². The summed E-state index contributed by atoms with van der Waals surface area (Å²) in [6, 6.07) is 14.7. The number of hydrogen-bond donors (Lipinski definition) is 1. The van der Waals surface area contributed by atoms with Crippen LogP contribution in [0.15, 0.2) is 64.9 Å². The minimum atomic E-state index is -0.516. The number of aromatic nitrogens is 2. The van der Waals surface area contributed by atoms with Gasteiger partial charge in [0.25, 0.3) is 11.5 Å². The Hall–Kier alpha value is -2.96. The molecule has 7 heteroatoms. The zero-order valence-corrected chi connectivity index (χ0v) is 15.8. The maximum Gasteiger partial charge on any atom is 0.271 e. The summed E-state index contributed by atoms with van der Waals surface area (Å²) in [6.45, 7) is 1.85. The number of nitrogens with one attached hydrogen (secondary N) is 1. The van der Waals surface area contributed by atoms with Crippen molar-refractivity contribution in [2.75, 3.05) is 5.32 Å². The smallest absolute Gasteiger partial charge is 0.271 e. The average Bonchev–Trinajstić information content (AvgIpc) is 3.11. The predicted molar refractivity (Wildman–Crippen MR) is 109 cm³/mol. The van der Waals surface area contributed by atoms with Crippen LogP contribution in [0.1, 0.15) is 15.9 Å². The largest absolute Gasteiger partial charge is 0.321 e. The lowest BCUT2D eigenvalue weighted by Crippen LogP contribution is -2.26. The number of anilines is 1. The second kappa shape index (κ2) is 6.98. The Bertz CT molecular complexity index is 1220. The number of nitrogens with zero attached hydrogens (tertiary/aromatic N) is 2. The van der Waals surface area contributed by atoms with Crippen LogP contribution in [0.4, 0.5) is 5.69 Å². The van der Waals surface area contributed by atoms with Crippen LogP contribution in [0.25, 0.3) is 16.2 Å². The Balaban J connectivity index is 1.79. The van der Waals surface area contributed by atoms with Crippen LogP contribution in [-0.2, 0) is 0 Å². The van der Waals surface area contributed by atoms with Gasteiger partial charge in [0.1, 0.15) is 5.56 Å². The van der Waals surface area contributed by atoms with E-state index in [0.29, 0.717) is 21.4 Å². The first kappa shape index (κ1) is 17.5. The highest BCUT2D eigenvalue weighted by molar-refractivity contribution is 7.15. The summed E-state index contributed by atoms with van der Waals surface area (Å²) in [5, 5.41) is 5.12. The molecule has 0 fully saturated rings. The Morgan fingerprint density at radius 3 is 2.74 bits per heavy atom. The van der Waals surface area contributed by atoms with Crippen molar-refractivity contribution < 1.29 is 4.79 Å². The zero-order chi connectivity index (χ0) is 19.0. The van der Waals surface area contributed by atoms with E-state index in [4.69, 9.17) is 11.6 Å². The lowest BCUT2D eigenvalue weighted by atomic mass is 10.2. The molecule has 0 aliphatic rings. The molecule has 2 aromatic heterocycles. The number of hydrogen-bond acceptors (Lipinski definition) is 4. The second-order valence-corrected chi connectivity index (χ2v) is 7.27.